The fraction of sp³-hybridized carbons (Fsp3) is 0.200. The van der Waals surface area contributed by atoms with Gasteiger partial charge in [0.25, 0.3) is 13.1 Å². The average molecular weight is 427 g/mol. The molecule has 2 aliphatic heterocycles. The highest BCUT2D eigenvalue weighted by atomic mass is 31.2. The first-order valence-corrected chi connectivity index (χ1v) is 10.9. The zero-order chi connectivity index (χ0) is 21.3. The maximum Gasteiger partial charge on any atom is 0.286 e. The first-order chi connectivity index (χ1) is 14.5. The summed E-state index contributed by atoms with van der Waals surface area (Å²) in [5, 5.41) is 17.2. The summed E-state index contributed by atoms with van der Waals surface area (Å²) in [4.78, 5) is 23.6. The second-order valence-corrected chi connectivity index (χ2v) is 8.85. The Morgan fingerprint density at radius 2 is 1.93 bits per heavy atom. The molecule has 0 saturated heterocycles. The second kappa shape index (κ2) is 7.85. The normalized spacial score (nSPS) is 20.4. The first-order valence-electron chi connectivity index (χ1n) is 9.30. The highest BCUT2D eigenvalue weighted by molar-refractivity contribution is 7.83. The summed E-state index contributed by atoms with van der Waals surface area (Å²) < 4.78 is 25.2. The number of ketones is 1. The smallest absolute Gasteiger partial charge is 0.286 e. The van der Waals surface area contributed by atoms with E-state index in [0.717, 1.165) is 0 Å². The predicted molar refractivity (Wildman–Crippen MR) is 111 cm³/mol. The minimum atomic E-state index is -3.76. The largest absolute Gasteiger partial charge is 0.477 e. The summed E-state index contributed by atoms with van der Waals surface area (Å²) in [6.07, 6.45) is 0.350. The van der Waals surface area contributed by atoms with E-state index in [0.29, 0.717) is 29.9 Å². The van der Waals surface area contributed by atoms with E-state index >= 15 is 0 Å². The maximum atomic E-state index is 13.9. The molecule has 4 rings (SSSR count). The molecule has 9 nitrogen and oxygen atoms in total. The van der Waals surface area contributed by atoms with E-state index in [9.17, 15) is 19.5 Å². The molecule has 0 unspecified atom stereocenters. The number of hydrogen-bond donors (Lipinski definition) is 0. The molecule has 2 aromatic rings. The van der Waals surface area contributed by atoms with Crippen molar-refractivity contribution in [1.29, 1.82) is 0 Å². The number of non-ortho nitro benzene ring substituents is 1. The molecule has 0 bridgehead atoms. The van der Waals surface area contributed by atoms with Crippen LogP contribution in [0.5, 0.6) is 0 Å². The van der Waals surface area contributed by atoms with Gasteiger partial charge in [-0.2, -0.15) is 10.1 Å². The molecule has 10 heteroatoms. The molecule has 0 aromatic heterocycles. The highest BCUT2D eigenvalue weighted by Crippen LogP contribution is 2.63. The lowest BCUT2D eigenvalue weighted by Gasteiger charge is -2.30. The highest BCUT2D eigenvalue weighted by Gasteiger charge is 2.48. The molecule has 0 radical (unpaired) electrons. The quantitative estimate of drug-likeness (QED) is 0.288. The van der Waals surface area contributed by atoms with Crippen LogP contribution >= 0.6 is 7.37 Å². The number of carbonyl (C=O) groups is 1. The van der Waals surface area contributed by atoms with Gasteiger partial charge in [-0.3, -0.25) is 19.5 Å². The van der Waals surface area contributed by atoms with Crippen molar-refractivity contribution >= 4 is 30.0 Å². The van der Waals surface area contributed by atoms with Gasteiger partial charge in [0.2, 0.25) is 11.7 Å². The van der Waals surface area contributed by atoms with E-state index in [-0.39, 0.29) is 23.3 Å². The van der Waals surface area contributed by atoms with Crippen molar-refractivity contribution < 1.29 is 23.5 Å². The van der Waals surface area contributed by atoms with E-state index in [4.69, 9.17) is 9.26 Å². The number of nitrogens with zero attached hydrogens (tertiary/aromatic N) is 3. The van der Waals surface area contributed by atoms with Gasteiger partial charge in [-0.05, 0) is 31.2 Å². The lowest BCUT2D eigenvalue weighted by Crippen LogP contribution is -2.29. The van der Waals surface area contributed by atoms with Crippen LogP contribution in [0.15, 0.2) is 70.9 Å². The van der Waals surface area contributed by atoms with E-state index < -0.39 is 18.1 Å². The molecule has 30 heavy (non-hydrogen) atoms. The standard InChI is InChI=1S/C20H18N3O6P/c1-2-29-30(27)17-12-13-28-20(17)22(15-6-4-3-5-7-15)21-19(30)18(24)14-8-10-16(11-9-14)23(25)26/h3-11H,2,12-13H2,1H3/t30-/m1/s1. The van der Waals surface area contributed by atoms with Gasteiger partial charge in [0.15, 0.2) is 5.45 Å². The molecule has 1 atom stereocenters. The first kappa shape index (κ1) is 20.0. The van der Waals surface area contributed by atoms with Gasteiger partial charge in [0.05, 0.1) is 29.1 Å². The van der Waals surface area contributed by atoms with Gasteiger partial charge in [-0.25, -0.2) is 0 Å². The van der Waals surface area contributed by atoms with Crippen molar-refractivity contribution in [3.63, 3.8) is 0 Å². The van der Waals surface area contributed by atoms with Gasteiger partial charge >= 0.3 is 0 Å². The lowest BCUT2D eigenvalue weighted by atomic mass is 10.1. The average Bonchev–Trinajstić information content (AvgIpc) is 3.26. The molecule has 2 aliphatic rings. The molecule has 154 valence electrons. The van der Waals surface area contributed by atoms with E-state index in [1.54, 1.807) is 19.1 Å². The summed E-state index contributed by atoms with van der Waals surface area (Å²) in [7, 11) is -3.76. The topological polar surface area (TPSA) is 111 Å². The van der Waals surface area contributed by atoms with E-state index in [1.807, 2.05) is 18.2 Å². The Morgan fingerprint density at radius 3 is 2.57 bits per heavy atom. The molecular weight excluding hydrogens is 409 g/mol. The summed E-state index contributed by atoms with van der Waals surface area (Å²) in [5.41, 5.74) is 0.399. The Morgan fingerprint density at radius 1 is 1.23 bits per heavy atom. The Hall–Kier alpha value is -3.29. The number of para-hydroxylation sites is 1. The Balaban J connectivity index is 1.83. The number of hydrogen-bond acceptors (Lipinski definition) is 8. The number of benzene rings is 2. The summed E-state index contributed by atoms with van der Waals surface area (Å²) in [6, 6.07) is 14.1. The zero-order valence-electron chi connectivity index (χ0n) is 16.1. The molecule has 0 spiro atoms. The maximum absolute atomic E-state index is 13.9. The third-order valence-electron chi connectivity index (χ3n) is 4.70. The van der Waals surface area contributed by atoms with Gasteiger partial charge in [-0.15, -0.1) is 0 Å². The number of anilines is 1. The predicted octanol–water partition coefficient (Wildman–Crippen LogP) is 4.52. The van der Waals surface area contributed by atoms with Crippen LogP contribution in [0.3, 0.4) is 0 Å². The van der Waals surface area contributed by atoms with Gasteiger partial charge in [-0.1, -0.05) is 18.2 Å². The van der Waals surface area contributed by atoms with Crippen LogP contribution in [0, 0.1) is 10.1 Å². The molecular formula is C20H18N3O6P. The number of carbonyl (C=O) groups excluding carboxylic acids is 1. The molecule has 0 amide bonds. The lowest BCUT2D eigenvalue weighted by molar-refractivity contribution is -0.384. The third-order valence-corrected chi connectivity index (χ3v) is 7.30. The van der Waals surface area contributed by atoms with Crippen LogP contribution in [0.1, 0.15) is 23.7 Å². The van der Waals surface area contributed by atoms with Crippen molar-refractivity contribution in [2.45, 2.75) is 13.3 Å². The van der Waals surface area contributed by atoms with Crippen molar-refractivity contribution in [1.82, 2.24) is 0 Å². The Kier molecular flexibility index (Phi) is 5.24. The van der Waals surface area contributed by atoms with E-state index in [1.165, 1.54) is 29.3 Å². The minimum Gasteiger partial charge on any atom is -0.477 e. The Labute approximate surface area is 172 Å². The SMILES string of the molecule is CCO[P@@]1(=O)C(C(=O)c2ccc([N+](=O)[O-])cc2)=NN(c2ccccc2)C2=C1CCO2. The van der Waals surface area contributed by atoms with Crippen LogP contribution < -0.4 is 5.01 Å². The summed E-state index contributed by atoms with van der Waals surface area (Å²) in [6.45, 7) is 2.11. The number of nitro benzene ring substituents is 1. The molecule has 0 aliphatic carbocycles. The van der Waals surface area contributed by atoms with Crippen LogP contribution in [0.2, 0.25) is 0 Å². The van der Waals surface area contributed by atoms with Crippen molar-refractivity contribution in [3.8, 4) is 0 Å². The summed E-state index contributed by atoms with van der Waals surface area (Å²) >= 11 is 0. The monoisotopic (exact) mass is 427 g/mol. The van der Waals surface area contributed by atoms with Crippen molar-refractivity contribution in [3.05, 3.63) is 81.5 Å². The number of rotatable bonds is 6. The number of Topliss-reactive ketones (excluding diaryl/α,β-unsaturated/α-hetero) is 1. The zero-order valence-corrected chi connectivity index (χ0v) is 17.0. The van der Waals surface area contributed by atoms with Crippen molar-refractivity contribution in [2.24, 2.45) is 5.10 Å². The summed E-state index contributed by atoms with van der Waals surface area (Å²) in [5.74, 6) is -0.292. The number of ether oxygens (including phenoxy) is 1. The Bertz CT molecular complexity index is 1110. The molecule has 2 aromatic carbocycles. The van der Waals surface area contributed by atoms with E-state index in [2.05, 4.69) is 5.10 Å². The van der Waals surface area contributed by atoms with Gasteiger partial charge in [0, 0.05) is 24.1 Å². The van der Waals surface area contributed by atoms with Crippen LogP contribution in [0.4, 0.5) is 11.4 Å². The van der Waals surface area contributed by atoms with Crippen LogP contribution in [0.25, 0.3) is 0 Å². The van der Waals surface area contributed by atoms with Crippen LogP contribution in [-0.4, -0.2) is 29.4 Å². The van der Waals surface area contributed by atoms with Gasteiger partial charge in [0.1, 0.15) is 0 Å². The fourth-order valence-corrected chi connectivity index (χ4v) is 5.62. The molecule has 0 fully saturated rings. The molecule has 0 saturated carbocycles. The van der Waals surface area contributed by atoms with Crippen LogP contribution in [-0.2, 0) is 13.8 Å². The minimum absolute atomic E-state index is 0.117. The second-order valence-electron chi connectivity index (χ2n) is 6.52. The fourth-order valence-electron chi connectivity index (χ4n) is 3.33. The third kappa shape index (κ3) is 3.32. The molecule has 2 heterocycles. The number of hydrazone groups is 1. The number of nitro groups is 1. The molecule has 0 N–H and O–H groups in total. The van der Waals surface area contributed by atoms with Crippen molar-refractivity contribution in [2.75, 3.05) is 18.2 Å². The van der Waals surface area contributed by atoms with Gasteiger partial charge < -0.3 is 9.26 Å².